The Labute approximate surface area is 183 Å². The zero-order valence-electron chi connectivity index (χ0n) is 18.5. The molecule has 1 nitrogen and oxygen atoms in total. The van der Waals surface area contributed by atoms with Crippen LogP contribution in [0.1, 0.15) is 88.7 Å². The van der Waals surface area contributed by atoms with Gasteiger partial charge in [0, 0.05) is 11.5 Å². The van der Waals surface area contributed by atoms with Gasteiger partial charge < -0.3 is 0 Å². The summed E-state index contributed by atoms with van der Waals surface area (Å²) >= 11 is 0. The lowest BCUT2D eigenvalue weighted by Crippen LogP contribution is -2.13. The van der Waals surface area contributed by atoms with Crippen molar-refractivity contribution < 1.29 is 0 Å². The summed E-state index contributed by atoms with van der Waals surface area (Å²) in [5.74, 6) is 8.46. The Morgan fingerprint density at radius 2 is 1.30 bits per heavy atom. The summed E-state index contributed by atoms with van der Waals surface area (Å²) in [7, 11) is 0. The minimum atomic E-state index is 0.573. The molecule has 2 aromatic carbocycles. The Bertz CT molecular complexity index is 850. The average molecular weight is 398 g/mol. The fraction of sp³-hybridized carbons (Fsp3) is 0.483. The maximum Gasteiger partial charge on any atom is 0.0991 e. The summed E-state index contributed by atoms with van der Waals surface area (Å²) in [4.78, 5) is 0. The van der Waals surface area contributed by atoms with Crippen molar-refractivity contribution in [3.63, 3.8) is 0 Å². The predicted molar refractivity (Wildman–Crippen MR) is 127 cm³/mol. The smallest absolute Gasteiger partial charge is 0.0991 e. The van der Waals surface area contributed by atoms with E-state index in [0.29, 0.717) is 11.5 Å². The van der Waals surface area contributed by atoms with Gasteiger partial charge in [-0.15, -0.1) is 0 Å². The van der Waals surface area contributed by atoms with Crippen molar-refractivity contribution in [2.45, 2.75) is 77.6 Å². The summed E-state index contributed by atoms with van der Waals surface area (Å²) in [6.45, 7) is 2.29. The SMILES string of the molecule is CCCCCCCC[C@H]1CC[C@H](C#Cc2ccc(-c3ccc(C#N)cc3)cc2)CC1. The highest BCUT2D eigenvalue weighted by atomic mass is 14.2. The summed E-state index contributed by atoms with van der Waals surface area (Å²) in [5, 5.41) is 8.93. The van der Waals surface area contributed by atoms with Crippen LogP contribution in [0.4, 0.5) is 0 Å². The number of benzene rings is 2. The van der Waals surface area contributed by atoms with Gasteiger partial charge in [0.15, 0.2) is 0 Å². The van der Waals surface area contributed by atoms with Gasteiger partial charge in [-0.05, 0) is 67.0 Å². The van der Waals surface area contributed by atoms with Crippen LogP contribution in [0.3, 0.4) is 0 Å². The second-order valence-corrected chi connectivity index (χ2v) is 8.81. The molecule has 0 amide bonds. The third kappa shape index (κ3) is 7.07. The molecule has 0 atom stereocenters. The summed E-state index contributed by atoms with van der Waals surface area (Å²) in [5.41, 5.74) is 4.10. The molecule has 0 N–H and O–H groups in total. The third-order valence-electron chi connectivity index (χ3n) is 6.47. The number of nitrogens with zero attached hydrogens (tertiary/aromatic N) is 1. The minimum Gasteiger partial charge on any atom is -0.192 e. The fourth-order valence-corrected chi connectivity index (χ4v) is 4.48. The van der Waals surface area contributed by atoms with Crippen LogP contribution in [0.15, 0.2) is 48.5 Å². The summed E-state index contributed by atoms with van der Waals surface area (Å²) in [6, 6.07) is 18.4. The van der Waals surface area contributed by atoms with Crippen molar-refractivity contribution in [1.82, 2.24) is 0 Å². The molecule has 3 rings (SSSR count). The van der Waals surface area contributed by atoms with Crippen LogP contribution in [-0.2, 0) is 0 Å². The Hall–Kier alpha value is -2.51. The van der Waals surface area contributed by atoms with E-state index in [0.717, 1.165) is 17.0 Å². The van der Waals surface area contributed by atoms with Gasteiger partial charge in [-0.2, -0.15) is 5.26 Å². The predicted octanol–water partition coefficient (Wildman–Crippen LogP) is 8.13. The highest BCUT2D eigenvalue weighted by Crippen LogP contribution is 2.32. The lowest BCUT2D eigenvalue weighted by Gasteiger charge is -2.25. The van der Waals surface area contributed by atoms with Gasteiger partial charge in [-0.3, -0.25) is 0 Å². The quantitative estimate of drug-likeness (QED) is 0.326. The van der Waals surface area contributed by atoms with Crippen LogP contribution < -0.4 is 0 Å². The molecule has 0 aliphatic heterocycles. The van der Waals surface area contributed by atoms with Gasteiger partial charge in [0.05, 0.1) is 11.6 Å². The number of unbranched alkanes of at least 4 members (excludes halogenated alkanes) is 5. The molecule has 156 valence electrons. The Kier molecular flexibility index (Phi) is 9.05. The lowest BCUT2D eigenvalue weighted by atomic mass is 9.80. The molecule has 1 aliphatic carbocycles. The molecular weight excluding hydrogens is 362 g/mol. The first-order chi connectivity index (χ1) is 14.8. The average Bonchev–Trinajstić information content (AvgIpc) is 2.81. The first-order valence-corrected chi connectivity index (χ1v) is 11.9. The van der Waals surface area contributed by atoms with Gasteiger partial charge >= 0.3 is 0 Å². The molecule has 1 saturated carbocycles. The van der Waals surface area contributed by atoms with E-state index in [1.165, 1.54) is 76.2 Å². The lowest BCUT2D eigenvalue weighted by molar-refractivity contribution is 0.293. The summed E-state index contributed by atoms with van der Waals surface area (Å²) in [6.07, 6.45) is 15.2. The van der Waals surface area contributed by atoms with Crippen molar-refractivity contribution in [2.75, 3.05) is 0 Å². The maximum absolute atomic E-state index is 8.93. The van der Waals surface area contributed by atoms with E-state index in [-0.39, 0.29) is 0 Å². The van der Waals surface area contributed by atoms with Crippen LogP contribution in [0.5, 0.6) is 0 Å². The van der Waals surface area contributed by atoms with E-state index < -0.39 is 0 Å². The van der Waals surface area contributed by atoms with Gasteiger partial charge in [0.2, 0.25) is 0 Å². The van der Waals surface area contributed by atoms with E-state index in [2.05, 4.69) is 49.1 Å². The first kappa shape index (κ1) is 22.2. The van der Waals surface area contributed by atoms with Crippen LogP contribution in [0, 0.1) is 35.0 Å². The van der Waals surface area contributed by atoms with E-state index in [9.17, 15) is 0 Å². The van der Waals surface area contributed by atoms with E-state index in [4.69, 9.17) is 5.26 Å². The zero-order chi connectivity index (χ0) is 21.0. The Morgan fingerprint density at radius 3 is 1.90 bits per heavy atom. The molecule has 0 aromatic heterocycles. The topological polar surface area (TPSA) is 23.8 Å². The van der Waals surface area contributed by atoms with Gasteiger partial charge in [-0.25, -0.2) is 0 Å². The molecule has 0 unspecified atom stereocenters. The molecule has 1 heteroatoms. The monoisotopic (exact) mass is 397 g/mol. The molecular formula is C29H35N. The van der Waals surface area contributed by atoms with Gasteiger partial charge in [-0.1, -0.05) is 88.0 Å². The fourth-order valence-electron chi connectivity index (χ4n) is 4.48. The largest absolute Gasteiger partial charge is 0.192 e. The zero-order valence-corrected chi connectivity index (χ0v) is 18.5. The van der Waals surface area contributed by atoms with Crippen molar-refractivity contribution >= 4 is 0 Å². The number of hydrogen-bond donors (Lipinski definition) is 0. The minimum absolute atomic E-state index is 0.573. The highest BCUT2D eigenvalue weighted by Gasteiger charge is 2.19. The van der Waals surface area contributed by atoms with Crippen molar-refractivity contribution in [3.05, 3.63) is 59.7 Å². The first-order valence-electron chi connectivity index (χ1n) is 11.9. The Balaban J connectivity index is 1.41. The Morgan fingerprint density at radius 1 is 0.733 bits per heavy atom. The normalized spacial score (nSPS) is 18.3. The van der Waals surface area contributed by atoms with Crippen LogP contribution in [-0.4, -0.2) is 0 Å². The van der Waals surface area contributed by atoms with Crippen molar-refractivity contribution in [2.24, 2.45) is 11.8 Å². The van der Waals surface area contributed by atoms with Crippen LogP contribution in [0.2, 0.25) is 0 Å². The molecule has 0 heterocycles. The molecule has 0 radical (unpaired) electrons. The number of hydrogen-bond acceptors (Lipinski definition) is 1. The maximum atomic E-state index is 8.93. The molecule has 1 fully saturated rings. The van der Waals surface area contributed by atoms with E-state index in [1.807, 2.05) is 24.3 Å². The van der Waals surface area contributed by atoms with Crippen LogP contribution in [0.25, 0.3) is 11.1 Å². The summed E-state index contributed by atoms with van der Waals surface area (Å²) < 4.78 is 0. The highest BCUT2D eigenvalue weighted by molar-refractivity contribution is 5.65. The van der Waals surface area contributed by atoms with E-state index >= 15 is 0 Å². The molecule has 1 aliphatic rings. The van der Waals surface area contributed by atoms with Crippen LogP contribution >= 0.6 is 0 Å². The second-order valence-electron chi connectivity index (χ2n) is 8.81. The molecule has 2 aromatic rings. The second kappa shape index (κ2) is 12.2. The number of rotatable bonds is 8. The van der Waals surface area contributed by atoms with Crippen molar-refractivity contribution in [3.8, 4) is 29.0 Å². The van der Waals surface area contributed by atoms with Gasteiger partial charge in [0.1, 0.15) is 0 Å². The van der Waals surface area contributed by atoms with Crippen molar-refractivity contribution in [1.29, 1.82) is 5.26 Å². The van der Waals surface area contributed by atoms with E-state index in [1.54, 1.807) is 0 Å². The molecule has 30 heavy (non-hydrogen) atoms. The molecule has 0 saturated heterocycles. The third-order valence-corrected chi connectivity index (χ3v) is 6.47. The molecule has 0 spiro atoms. The molecule has 0 bridgehead atoms. The van der Waals surface area contributed by atoms with Gasteiger partial charge in [0.25, 0.3) is 0 Å². The standard InChI is InChI=1S/C29H35N/c1-2-3-4-5-6-7-8-24-9-11-25(12-10-24)13-14-26-15-19-28(20-16-26)29-21-17-27(23-30)18-22-29/h15-22,24-25H,2-12H2,1H3/t24-,25-. The number of nitriles is 1.